The lowest BCUT2D eigenvalue weighted by Crippen LogP contribution is -2.21. The summed E-state index contributed by atoms with van der Waals surface area (Å²) in [7, 11) is 0. The third-order valence-electron chi connectivity index (χ3n) is 8.32. The minimum Gasteiger partial charge on any atom is -0.335 e. The van der Waals surface area contributed by atoms with E-state index >= 15 is 0 Å². The van der Waals surface area contributed by atoms with Gasteiger partial charge in [-0.2, -0.15) is 0 Å². The van der Waals surface area contributed by atoms with Crippen molar-refractivity contribution in [2.45, 2.75) is 26.3 Å². The van der Waals surface area contributed by atoms with Crippen LogP contribution in [0.2, 0.25) is 0 Å². The molecule has 0 fully saturated rings. The molecule has 8 aromatic rings. The first-order valence-corrected chi connectivity index (χ1v) is 14.0. The van der Waals surface area contributed by atoms with Crippen molar-refractivity contribution in [3.8, 4) is 16.8 Å². The van der Waals surface area contributed by atoms with E-state index < -0.39 is 0 Å². The Morgan fingerprint density at radius 1 is 0.425 bits per heavy atom. The van der Waals surface area contributed by atoms with E-state index in [1.807, 2.05) is 0 Å². The molecule has 0 radical (unpaired) electrons. The SMILES string of the molecule is CC(C)(C)n1c2ccccc2c2cc(-c3ccc4c(c3)c3cc5ccccc5cc3n4-c3ccccc3)ccc21. The Morgan fingerprint density at radius 3 is 1.70 bits per heavy atom. The molecule has 0 aliphatic rings. The molecular formula is C38H30N2. The number of rotatable bonds is 2. The third-order valence-corrected chi connectivity index (χ3v) is 8.32. The van der Waals surface area contributed by atoms with Crippen molar-refractivity contribution < 1.29 is 0 Å². The second-order valence-electron chi connectivity index (χ2n) is 11.9. The molecule has 8 rings (SSSR count). The number of hydrogen-bond donors (Lipinski definition) is 0. The monoisotopic (exact) mass is 514 g/mol. The molecule has 0 aliphatic heterocycles. The topological polar surface area (TPSA) is 9.86 Å². The van der Waals surface area contributed by atoms with E-state index in [2.05, 4.69) is 157 Å². The molecule has 40 heavy (non-hydrogen) atoms. The Kier molecular flexibility index (Phi) is 4.82. The predicted molar refractivity (Wildman–Crippen MR) is 172 cm³/mol. The fourth-order valence-corrected chi connectivity index (χ4v) is 6.62. The minimum atomic E-state index is -0.0101. The smallest absolute Gasteiger partial charge is 0.0547 e. The maximum atomic E-state index is 2.48. The van der Waals surface area contributed by atoms with Crippen LogP contribution >= 0.6 is 0 Å². The van der Waals surface area contributed by atoms with Crippen molar-refractivity contribution in [2.24, 2.45) is 0 Å². The maximum Gasteiger partial charge on any atom is 0.0547 e. The molecule has 0 N–H and O–H groups in total. The molecule has 6 aromatic carbocycles. The Balaban J connectivity index is 1.41. The number of hydrogen-bond acceptors (Lipinski definition) is 0. The van der Waals surface area contributed by atoms with Crippen LogP contribution in [-0.2, 0) is 5.54 Å². The van der Waals surface area contributed by atoms with Crippen LogP contribution in [0.4, 0.5) is 0 Å². The predicted octanol–water partition coefficient (Wildman–Crippen LogP) is 10.5. The lowest BCUT2D eigenvalue weighted by atomic mass is 10.00. The molecule has 2 aromatic heterocycles. The average Bonchev–Trinajstić information content (AvgIpc) is 3.48. The molecule has 0 aliphatic carbocycles. The fraction of sp³-hybridized carbons (Fsp3) is 0.105. The summed E-state index contributed by atoms with van der Waals surface area (Å²) in [6, 6.07) is 46.8. The Hall–Kier alpha value is -4.82. The van der Waals surface area contributed by atoms with E-state index in [9.17, 15) is 0 Å². The van der Waals surface area contributed by atoms with Gasteiger partial charge in [0.1, 0.15) is 0 Å². The fourth-order valence-electron chi connectivity index (χ4n) is 6.62. The summed E-state index contributed by atoms with van der Waals surface area (Å²) in [5.41, 5.74) is 8.69. The van der Waals surface area contributed by atoms with Crippen molar-refractivity contribution in [2.75, 3.05) is 0 Å². The summed E-state index contributed by atoms with van der Waals surface area (Å²) in [5.74, 6) is 0. The summed E-state index contributed by atoms with van der Waals surface area (Å²) in [5, 5.41) is 7.70. The summed E-state index contributed by atoms with van der Waals surface area (Å²) in [4.78, 5) is 0. The maximum absolute atomic E-state index is 2.48. The quantitative estimate of drug-likeness (QED) is 0.217. The van der Waals surface area contributed by atoms with E-state index in [1.165, 1.54) is 71.2 Å². The molecule has 0 amide bonds. The van der Waals surface area contributed by atoms with Gasteiger partial charge in [0.05, 0.1) is 11.0 Å². The summed E-state index contributed by atoms with van der Waals surface area (Å²) < 4.78 is 4.88. The highest BCUT2D eigenvalue weighted by Gasteiger charge is 2.21. The van der Waals surface area contributed by atoms with Gasteiger partial charge in [-0.25, -0.2) is 0 Å². The van der Waals surface area contributed by atoms with E-state index in [4.69, 9.17) is 0 Å². The highest BCUT2D eigenvalue weighted by atomic mass is 15.0. The van der Waals surface area contributed by atoms with Crippen LogP contribution in [0.1, 0.15) is 20.8 Å². The molecule has 0 atom stereocenters. The normalized spacial score (nSPS) is 12.4. The van der Waals surface area contributed by atoms with Gasteiger partial charge in [-0.1, -0.05) is 72.8 Å². The van der Waals surface area contributed by atoms with Crippen molar-refractivity contribution >= 4 is 54.4 Å². The molecule has 0 unspecified atom stereocenters. The first-order valence-electron chi connectivity index (χ1n) is 14.0. The summed E-state index contributed by atoms with van der Waals surface area (Å²) in [6.07, 6.45) is 0. The van der Waals surface area contributed by atoms with Gasteiger partial charge in [0.15, 0.2) is 0 Å². The van der Waals surface area contributed by atoms with Gasteiger partial charge in [0.2, 0.25) is 0 Å². The Bertz CT molecular complexity index is 2240. The second kappa shape index (κ2) is 8.34. The largest absolute Gasteiger partial charge is 0.335 e. The van der Waals surface area contributed by atoms with Crippen molar-refractivity contribution in [3.05, 3.63) is 127 Å². The first-order chi connectivity index (χ1) is 19.5. The number of fused-ring (bicyclic) bond motifs is 7. The highest BCUT2D eigenvalue weighted by Crippen LogP contribution is 2.39. The molecule has 0 saturated heterocycles. The number of para-hydroxylation sites is 2. The van der Waals surface area contributed by atoms with Crippen LogP contribution in [0.3, 0.4) is 0 Å². The highest BCUT2D eigenvalue weighted by molar-refractivity contribution is 6.15. The van der Waals surface area contributed by atoms with Gasteiger partial charge in [0.25, 0.3) is 0 Å². The van der Waals surface area contributed by atoms with Crippen molar-refractivity contribution in [1.82, 2.24) is 9.13 Å². The van der Waals surface area contributed by atoms with E-state index in [0.717, 1.165) is 0 Å². The first kappa shape index (κ1) is 23.1. The van der Waals surface area contributed by atoms with Gasteiger partial charge in [-0.05, 0) is 97.3 Å². The number of aromatic nitrogens is 2. The molecule has 2 heterocycles. The zero-order chi connectivity index (χ0) is 27.0. The lowest BCUT2D eigenvalue weighted by Gasteiger charge is -2.24. The standard InChI is InChI=1S/C38H30N2/c1-38(2,3)40-35-16-10-9-15-30(35)31-22-28(18-20-36(31)40)27-17-19-34-32(23-27)33-21-25-11-7-8-12-26(25)24-37(33)39(34)29-13-5-4-6-14-29/h4-24H,1-3H3. The van der Waals surface area contributed by atoms with Gasteiger partial charge in [-0.3, -0.25) is 0 Å². The van der Waals surface area contributed by atoms with E-state index in [0.29, 0.717) is 0 Å². The van der Waals surface area contributed by atoms with Gasteiger partial charge in [0, 0.05) is 43.8 Å². The van der Waals surface area contributed by atoms with Crippen molar-refractivity contribution in [1.29, 1.82) is 0 Å². The summed E-state index contributed by atoms with van der Waals surface area (Å²) >= 11 is 0. The molecule has 0 spiro atoms. The van der Waals surface area contributed by atoms with Crippen LogP contribution < -0.4 is 0 Å². The van der Waals surface area contributed by atoms with Crippen LogP contribution in [0.25, 0.3) is 71.2 Å². The van der Waals surface area contributed by atoms with Crippen LogP contribution in [0, 0.1) is 0 Å². The third kappa shape index (κ3) is 3.36. The molecule has 0 bridgehead atoms. The Labute approximate surface area is 233 Å². The number of nitrogens with zero attached hydrogens (tertiary/aromatic N) is 2. The zero-order valence-corrected chi connectivity index (χ0v) is 23.0. The van der Waals surface area contributed by atoms with E-state index in [1.54, 1.807) is 0 Å². The van der Waals surface area contributed by atoms with Gasteiger partial charge < -0.3 is 9.13 Å². The molecular weight excluding hydrogens is 484 g/mol. The minimum absolute atomic E-state index is 0.0101. The Morgan fingerprint density at radius 2 is 0.975 bits per heavy atom. The number of benzene rings is 6. The van der Waals surface area contributed by atoms with Crippen LogP contribution in [0.5, 0.6) is 0 Å². The van der Waals surface area contributed by atoms with Gasteiger partial charge >= 0.3 is 0 Å². The lowest BCUT2D eigenvalue weighted by molar-refractivity contribution is 0.423. The molecule has 2 nitrogen and oxygen atoms in total. The molecule has 0 saturated carbocycles. The van der Waals surface area contributed by atoms with Crippen molar-refractivity contribution in [3.63, 3.8) is 0 Å². The van der Waals surface area contributed by atoms with Gasteiger partial charge in [-0.15, -0.1) is 0 Å². The summed E-state index contributed by atoms with van der Waals surface area (Å²) in [6.45, 7) is 6.85. The molecule has 2 heteroatoms. The zero-order valence-electron chi connectivity index (χ0n) is 23.0. The molecule has 192 valence electrons. The van der Waals surface area contributed by atoms with Crippen LogP contribution in [-0.4, -0.2) is 9.13 Å². The average molecular weight is 515 g/mol. The van der Waals surface area contributed by atoms with Crippen LogP contribution in [0.15, 0.2) is 127 Å². The second-order valence-corrected chi connectivity index (χ2v) is 11.9. The van der Waals surface area contributed by atoms with E-state index in [-0.39, 0.29) is 5.54 Å².